The summed E-state index contributed by atoms with van der Waals surface area (Å²) in [6.45, 7) is 3.10. The summed E-state index contributed by atoms with van der Waals surface area (Å²) in [7, 11) is 1.74. The average molecular weight is 603 g/mol. The van der Waals surface area contributed by atoms with Crippen molar-refractivity contribution >= 4 is 50.1 Å². The van der Waals surface area contributed by atoms with Gasteiger partial charge < -0.3 is 24.7 Å². The Labute approximate surface area is 239 Å². The van der Waals surface area contributed by atoms with Crippen molar-refractivity contribution in [2.24, 2.45) is 7.05 Å². The molecule has 0 aromatic carbocycles. The summed E-state index contributed by atoms with van der Waals surface area (Å²) in [6.07, 6.45) is 4.11. The summed E-state index contributed by atoms with van der Waals surface area (Å²) in [5.41, 5.74) is 9.29. The Balaban J connectivity index is 0.000000451. The van der Waals surface area contributed by atoms with Gasteiger partial charge in [-0.2, -0.15) is 18.3 Å². The molecule has 42 heavy (non-hydrogen) atoms. The summed E-state index contributed by atoms with van der Waals surface area (Å²) in [6, 6.07) is 3.85. The van der Waals surface area contributed by atoms with Crippen LogP contribution in [-0.4, -0.2) is 60.5 Å². The number of hydrogen-bond donors (Lipinski definition) is 2. The summed E-state index contributed by atoms with van der Waals surface area (Å²) in [5.74, 6) is -1.68. The van der Waals surface area contributed by atoms with Crippen LogP contribution in [0.3, 0.4) is 0 Å². The number of nitrogens with two attached hydrogens (primary N) is 1. The summed E-state index contributed by atoms with van der Waals surface area (Å²) < 4.78 is 42.5. The summed E-state index contributed by atoms with van der Waals surface area (Å²) in [4.78, 5) is 39.0. The van der Waals surface area contributed by atoms with Gasteiger partial charge in [0.1, 0.15) is 5.76 Å². The van der Waals surface area contributed by atoms with Gasteiger partial charge in [0.2, 0.25) is 5.91 Å². The molecule has 0 saturated carbocycles. The monoisotopic (exact) mass is 602 g/mol. The predicted molar refractivity (Wildman–Crippen MR) is 150 cm³/mol. The number of piperidine rings is 1. The molecule has 0 radical (unpaired) electrons. The number of aliphatic carboxylic acids is 1. The lowest BCUT2D eigenvalue weighted by Gasteiger charge is -2.31. The molecule has 0 spiro atoms. The van der Waals surface area contributed by atoms with Gasteiger partial charge in [-0.15, -0.1) is 11.3 Å². The van der Waals surface area contributed by atoms with Crippen molar-refractivity contribution in [1.82, 2.24) is 24.2 Å². The molecule has 5 aromatic rings. The fraction of sp³-hybridized carbons (Fsp3) is 0.296. The first kappa shape index (κ1) is 28.9. The van der Waals surface area contributed by atoms with E-state index in [9.17, 15) is 22.8 Å². The molecule has 220 valence electrons. The number of carboxylic acid groups (broad SMARTS) is 1. The van der Waals surface area contributed by atoms with E-state index in [4.69, 9.17) is 20.1 Å². The zero-order valence-electron chi connectivity index (χ0n) is 22.4. The van der Waals surface area contributed by atoms with Gasteiger partial charge in [0.15, 0.2) is 11.4 Å². The van der Waals surface area contributed by atoms with Crippen molar-refractivity contribution in [2.75, 3.05) is 18.8 Å². The number of furan rings is 1. The number of likely N-dealkylation sites (tertiary alicyclic amines) is 1. The Kier molecular flexibility index (Phi) is 7.53. The Hall–Kier alpha value is -4.66. The van der Waals surface area contributed by atoms with E-state index in [1.807, 2.05) is 39.6 Å². The van der Waals surface area contributed by atoms with Crippen molar-refractivity contribution in [3.8, 4) is 22.5 Å². The molecule has 6 rings (SSSR count). The number of halogens is 3. The van der Waals surface area contributed by atoms with Crippen LogP contribution in [0.1, 0.15) is 25.8 Å². The second-order valence-electron chi connectivity index (χ2n) is 9.81. The third-order valence-electron chi connectivity index (χ3n) is 7.08. The normalized spacial score (nSPS) is 14.3. The number of aromatic nitrogens is 4. The van der Waals surface area contributed by atoms with Crippen LogP contribution in [0.4, 0.5) is 19.0 Å². The average Bonchev–Trinajstić information content (AvgIpc) is 3.68. The van der Waals surface area contributed by atoms with Gasteiger partial charge in [0.05, 0.1) is 16.9 Å². The van der Waals surface area contributed by atoms with E-state index >= 15 is 0 Å². The Morgan fingerprint density at radius 1 is 1.12 bits per heavy atom. The lowest BCUT2D eigenvalue weighted by molar-refractivity contribution is -0.192. The summed E-state index contributed by atoms with van der Waals surface area (Å²) >= 11 is 1.56. The van der Waals surface area contributed by atoms with Crippen molar-refractivity contribution in [2.45, 2.75) is 32.0 Å². The number of carbonyl (C=O) groups excluding carboxylic acids is 1. The largest absolute Gasteiger partial charge is 0.490 e. The number of rotatable bonds is 3. The molecular formula is C27H25F3N6O5S. The first-order valence-corrected chi connectivity index (χ1v) is 13.6. The maximum atomic E-state index is 12.2. The highest BCUT2D eigenvalue weighted by molar-refractivity contribution is 7.17. The van der Waals surface area contributed by atoms with E-state index in [1.165, 1.54) is 0 Å². The first-order chi connectivity index (χ1) is 19.8. The maximum absolute atomic E-state index is 12.2. The lowest BCUT2D eigenvalue weighted by Crippen LogP contribution is -2.37. The molecule has 1 amide bonds. The van der Waals surface area contributed by atoms with Gasteiger partial charge in [-0.05, 0) is 18.9 Å². The number of fused-ring (bicyclic) bond motifs is 2. The Bertz CT molecular complexity index is 1860. The van der Waals surface area contributed by atoms with Crippen LogP contribution >= 0.6 is 11.3 Å². The van der Waals surface area contributed by atoms with Crippen LogP contribution < -0.4 is 11.3 Å². The molecule has 3 N–H and O–H groups in total. The topological polar surface area (TPSA) is 149 Å². The molecule has 1 fully saturated rings. The quantitative estimate of drug-likeness (QED) is 0.303. The van der Waals surface area contributed by atoms with Gasteiger partial charge >= 0.3 is 12.1 Å². The number of anilines is 1. The van der Waals surface area contributed by atoms with Gasteiger partial charge in [-0.1, -0.05) is 0 Å². The standard InChI is InChI=1S/C25H24N6O3S.C2HF3O2/c1-14(32)30-5-3-16(4-6-30)31-11-15(9-28-31)19-10-27-25(26)24-18(19)7-21(34-24)20-13-35-22-12-29(2)23(33)8-17(20)22;3-2(4,5)1(6)7/h7-13,16H,3-6H2,1-2H3,(H2,26,27);(H,6,7). The number of nitrogens with zero attached hydrogens (tertiary/aromatic N) is 5. The Morgan fingerprint density at radius 3 is 2.45 bits per heavy atom. The first-order valence-electron chi connectivity index (χ1n) is 12.7. The minimum atomic E-state index is -5.08. The van der Waals surface area contributed by atoms with Crippen molar-refractivity contribution in [3.05, 3.63) is 52.7 Å². The molecule has 0 aliphatic carbocycles. The molecule has 5 aromatic heterocycles. The minimum Gasteiger partial charge on any atom is -0.475 e. The predicted octanol–water partition coefficient (Wildman–Crippen LogP) is 4.67. The molecule has 15 heteroatoms. The van der Waals surface area contributed by atoms with E-state index < -0.39 is 12.1 Å². The second kappa shape index (κ2) is 11.0. The van der Waals surface area contributed by atoms with Crippen molar-refractivity contribution in [3.63, 3.8) is 0 Å². The van der Waals surface area contributed by atoms with Gasteiger partial charge in [0, 0.05) is 84.6 Å². The molecule has 0 bridgehead atoms. The molecule has 6 heterocycles. The smallest absolute Gasteiger partial charge is 0.475 e. The van der Waals surface area contributed by atoms with Crippen LogP contribution in [0.25, 0.3) is 43.5 Å². The number of amides is 1. The SMILES string of the molecule is CC(=O)N1CCC(n2cc(-c3cnc(N)c4oc(-c5csc6cn(C)c(=O)cc56)cc34)cn2)CC1.O=C(O)C(F)(F)F. The number of hydrogen-bond acceptors (Lipinski definition) is 8. The molecular weight excluding hydrogens is 577 g/mol. The molecule has 1 saturated heterocycles. The molecule has 0 unspecified atom stereocenters. The number of alkyl halides is 3. The van der Waals surface area contributed by atoms with E-state index in [1.54, 1.807) is 42.1 Å². The van der Waals surface area contributed by atoms with Gasteiger partial charge in [-0.3, -0.25) is 14.3 Å². The summed E-state index contributed by atoms with van der Waals surface area (Å²) in [5, 5.41) is 15.4. The fourth-order valence-electron chi connectivity index (χ4n) is 4.82. The third kappa shape index (κ3) is 5.59. The van der Waals surface area contributed by atoms with E-state index in [2.05, 4.69) is 10.1 Å². The maximum Gasteiger partial charge on any atom is 0.490 e. The molecule has 11 nitrogen and oxygen atoms in total. The van der Waals surface area contributed by atoms with Gasteiger partial charge in [0.25, 0.3) is 5.56 Å². The lowest BCUT2D eigenvalue weighted by atomic mass is 10.0. The number of carboxylic acids is 1. The van der Waals surface area contributed by atoms with Crippen LogP contribution in [0.5, 0.6) is 0 Å². The number of aryl methyl sites for hydroxylation is 1. The zero-order chi connectivity index (χ0) is 30.3. The molecule has 1 aliphatic heterocycles. The van der Waals surface area contributed by atoms with Crippen LogP contribution in [-0.2, 0) is 16.6 Å². The second-order valence-corrected chi connectivity index (χ2v) is 10.7. The fourth-order valence-corrected chi connectivity index (χ4v) is 5.82. The zero-order valence-corrected chi connectivity index (χ0v) is 23.2. The van der Waals surface area contributed by atoms with E-state index in [0.29, 0.717) is 17.2 Å². The molecule has 0 atom stereocenters. The minimum absolute atomic E-state index is 0.0725. The number of thiophene rings is 1. The van der Waals surface area contributed by atoms with E-state index in [-0.39, 0.29) is 17.5 Å². The highest BCUT2D eigenvalue weighted by Gasteiger charge is 2.38. The molecule has 1 aliphatic rings. The van der Waals surface area contributed by atoms with Crippen LogP contribution in [0, 0.1) is 0 Å². The number of carbonyl (C=O) groups is 2. The van der Waals surface area contributed by atoms with E-state index in [0.717, 1.165) is 58.1 Å². The van der Waals surface area contributed by atoms with Crippen LogP contribution in [0.2, 0.25) is 0 Å². The third-order valence-corrected chi connectivity index (χ3v) is 8.01. The highest BCUT2D eigenvalue weighted by Crippen LogP contribution is 2.40. The van der Waals surface area contributed by atoms with Crippen molar-refractivity contribution < 1.29 is 32.3 Å². The van der Waals surface area contributed by atoms with Crippen LogP contribution in [0.15, 0.2) is 51.5 Å². The highest BCUT2D eigenvalue weighted by atomic mass is 32.1. The van der Waals surface area contributed by atoms with Crippen molar-refractivity contribution in [1.29, 1.82) is 0 Å². The van der Waals surface area contributed by atoms with Gasteiger partial charge in [-0.25, -0.2) is 9.78 Å². The number of pyridine rings is 2. The Morgan fingerprint density at radius 2 is 1.81 bits per heavy atom. The number of nitrogen functional groups attached to an aromatic ring is 1.